The molecule has 3 rings (SSSR count). The van der Waals surface area contributed by atoms with E-state index in [9.17, 15) is 9.59 Å². The maximum absolute atomic E-state index is 12.7. The van der Waals surface area contributed by atoms with Gasteiger partial charge in [-0.15, -0.1) is 0 Å². The smallest absolute Gasteiger partial charge is 0.242 e. The summed E-state index contributed by atoms with van der Waals surface area (Å²) in [5, 5.41) is 2.71. The van der Waals surface area contributed by atoms with Crippen LogP contribution in [0.4, 0.5) is 0 Å². The molecule has 0 saturated heterocycles. The maximum atomic E-state index is 12.7. The van der Waals surface area contributed by atoms with Gasteiger partial charge in [-0.1, -0.05) is 49.9 Å². The second-order valence-electron chi connectivity index (χ2n) is 6.81. The van der Waals surface area contributed by atoms with Gasteiger partial charge in [0.25, 0.3) is 0 Å². The van der Waals surface area contributed by atoms with Crippen LogP contribution in [0.25, 0.3) is 0 Å². The van der Waals surface area contributed by atoms with E-state index in [0.717, 1.165) is 6.42 Å². The van der Waals surface area contributed by atoms with E-state index in [1.54, 1.807) is 11.9 Å². The van der Waals surface area contributed by atoms with Crippen molar-refractivity contribution in [3.05, 3.63) is 35.4 Å². The number of hydrogen-bond acceptors (Lipinski definition) is 2. The van der Waals surface area contributed by atoms with Gasteiger partial charge >= 0.3 is 0 Å². The summed E-state index contributed by atoms with van der Waals surface area (Å²) in [6.45, 7) is 0.553. The van der Waals surface area contributed by atoms with Gasteiger partial charge < -0.3 is 10.2 Å². The highest BCUT2D eigenvalue weighted by molar-refractivity contribution is 5.88. The van der Waals surface area contributed by atoms with Crippen molar-refractivity contribution in [1.29, 1.82) is 0 Å². The van der Waals surface area contributed by atoms with Gasteiger partial charge in [-0.3, -0.25) is 9.59 Å². The van der Waals surface area contributed by atoms with Crippen LogP contribution < -0.4 is 5.32 Å². The molecule has 1 atom stereocenters. The second-order valence-corrected chi connectivity index (χ2v) is 6.81. The average molecular weight is 314 g/mol. The molecule has 0 bridgehead atoms. The zero-order valence-electron chi connectivity index (χ0n) is 13.9. The Morgan fingerprint density at radius 3 is 2.57 bits per heavy atom. The van der Waals surface area contributed by atoms with E-state index in [1.807, 2.05) is 12.1 Å². The highest BCUT2D eigenvalue weighted by Gasteiger charge is 2.34. The Hall–Kier alpha value is -1.84. The number of nitrogens with one attached hydrogen (secondary N) is 1. The zero-order chi connectivity index (χ0) is 16.2. The van der Waals surface area contributed by atoms with Crippen molar-refractivity contribution in [1.82, 2.24) is 10.2 Å². The lowest BCUT2D eigenvalue weighted by Crippen LogP contribution is -2.51. The third-order valence-electron chi connectivity index (χ3n) is 5.36. The van der Waals surface area contributed by atoms with E-state index in [2.05, 4.69) is 17.4 Å². The second kappa shape index (κ2) is 7.16. The van der Waals surface area contributed by atoms with Gasteiger partial charge in [0.05, 0.1) is 0 Å². The van der Waals surface area contributed by atoms with E-state index >= 15 is 0 Å². The van der Waals surface area contributed by atoms with Gasteiger partial charge in [0.1, 0.15) is 6.04 Å². The van der Waals surface area contributed by atoms with Crippen LogP contribution in [-0.4, -0.2) is 29.8 Å². The molecule has 124 valence electrons. The number of carbonyl (C=O) groups excluding carboxylic acids is 2. The molecule has 1 unspecified atom stereocenters. The Labute approximate surface area is 138 Å². The molecule has 1 aromatic carbocycles. The highest BCUT2D eigenvalue weighted by atomic mass is 16.2. The molecule has 23 heavy (non-hydrogen) atoms. The molecule has 1 fully saturated rings. The van der Waals surface area contributed by atoms with Crippen molar-refractivity contribution in [2.45, 2.75) is 57.5 Å². The largest absolute Gasteiger partial charge is 0.357 e. The monoisotopic (exact) mass is 314 g/mol. The molecule has 1 aromatic rings. The predicted molar refractivity (Wildman–Crippen MR) is 89.7 cm³/mol. The van der Waals surface area contributed by atoms with Crippen LogP contribution in [0.3, 0.4) is 0 Å². The minimum absolute atomic E-state index is 0.0614. The van der Waals surface area contributed by atoms with Crippen LogP contribution in [0, 0.1) is 5.92 Å². The molecule has 4 nitrogen and oxygen atoms in total. The number of amides is 2. The molecule has 0 radical (unpaired) electrons. The maximum Gasteiger partial charge on any atom is 0.242 e. The fourth-order valence-electron chi connectivity index (χ4n) is 3.96. The molecule has 2 amide bonds. The number of likely N-dealkylation sites (N-methyl/N-ethyl adjacent to an activating group) is 1. The van der Waals surface area contributed by atoms with Gasteiger partial charge in [0, 0.05) is 26.4 Å². The predicted octanol–water partition coefficient (Wildman–Crippen LogP) is 2.66. The average Bonchev–Trinajstić information content (AvgIpc) is 3.11. The first-order valence-electron chi connectivity index (χ1n) is 8.77. The number of nitrogens with zero attached hydrogens (tertiary/aromatic N) is 1. The molecule has 2 aliphatic rings. The van der Waals surface area contributed by atoms with Crippen LogP contribution in [0.5, 0.6) is 0 Å². The van der Waals surface area contributed by atoms with Crippen molar-refractivity contribution in [2.24, 2.45) is 5.92 Å². The molecular weight excluding hydrogens is 288 g/mol. The normalized spacial score (nSPS) is 21.1. The van der Waals surface area contributed by atoms with Crippen LogP contribution in [0.1, 0.15) is 49.7 Å². The number of benzene rings is 1. The van der Waals surface area contributed by atoms with E-state index in [0.29, 0.717) is 25.3 Å². The molecule has 0 aromatic heterocycles. The first-order chi connectivity index (χ1) is 11.2. The number of hydrogen-bond donors (Lipinski definition) is 1. The van der Waals surface area contributed by atoms with E-state index in [1.165, 1.54) is 36.8 Å². The van der Waals surface area contributed by atoms with Gasteiger partial charge in [-0.05, 0) is 23.5 Å². The Kier molecular flexibility index (Phi) is 4.99. The van der Waals surface area contributed by atoms with Gasteiger partial charge in [-0.25, -0.2) is 0 Å². The van der Waals surface area contributed by atoms with E-state index < -0.39 is 0 Å². The first kappa shape index (κ1) is 16.0. The summed E-state index contributed by atoms with van der Waals surface area (Å²) in [4.78, 5) is 26.8. The lowest BCUT2D eigenvalue weighted by Gasteiger charge is -2.36. The summed E-state index contributed by atoms with van der Waals surface area (Å²) in [5.41, 5.74) is 2.35. The minimum Gasteiger partial charge on any atom is -0.357 e. The molecule has 1 aliphatic heterocycles. The summed E-state index contributed by atoms with van der Waals surface area (Å²) in [7, 11) is 1.64. The summed E-state index contributed by atoms with van der Waals surface area (Å²) in [5.74, 6) is 0.767. The van der Waals surface area contributed by atoms with Crippen LogP contribution >= 0.6 is 0 Å². The number of rotatable bonds is 4. The Morgan fingerprint density at radius 2 is 1.87 bits per heavy atom. The standard InChI is InChI=1S/C19H26N2O2/c1-20-19(23)17-12-15-8-4-5-9-16(15)13-21(17)18(22)11-10-14-6-2-3-7-14/h4-5,8-9,14,17H,2-3,6-7,10-13H2,1H3,(H,20,23). The van der Waals surface area contributed by atoms with E-state index in [4.69, 9.17) is 0 Å². The molecule has 1 saturated carbocycles. The molecule has 1 heterocycles. The lowest BCUT2D eigenvalue weighted by atomic mass is 9.92. The van der Waals surface area contributed by atoms with Crippen molar-refractivity contribution in [3.63, 3.8) is 0 Å². The Morgan fingerprint density at radius 1 is 1.17 bits per heavy atom. The fraction of sp³-hybridized carbons (Fsp3) is 0.579. The summed E-state index contributed by atoms with van der Waals surface area (Å²) in [6.07, 6.45) is 7.28. The molecule has 1 aliphatic carbocycles. The minimum atomic E-state index is -0.369. The first-order valence-corrected chi connectivity index (χ1v) is 8.77. The number of carbonyl (C=O) groups is 2. The summed E-state index contributed by atoms with van der Waals surface area (Å²) in [6, 6.07) is 7.75. The third kappa shape index (κ3) is 3.57. The fourth-order valence-corrected chi connectivity index (χ4v) is 3.96. The highest BCUT2D eigenvalue weighted by Crippen LogP contribution is 2.30. The van der Waals surface area contributed by atoms with Crippen LogP contribution in [0.2, 0.25) is 0 Å². The SMILES string of the molecule is CNC(=O)C1Cc2ccccc2CN1C(=O)CCC1CCCC1. The van der Waals surface area contributed by atoms with Crippen LogP contribution in [0.15, 0.2) is 24.3 Å². The lowest BCUT2D eigenvalue weighted by molar-refractivity contribution is -0.141. The van der Waals surface area contributed by atoms with Crippen LogP contribution in [-0.2, 0) is 22.6 Å². The summed E-state index contributed by atoms with van der Waals surface area (Å²) < 4.78 is 0. The molecular formula is C19H26N2O2. The van der Waals surface area contributed by atoms with Crippen molar-refractivity contribution < 1.29 is 9.59 Å². The van der Waals surface area contributed by atoms with Gasteiger partial charge in [0.2, 0.25) is 11.8 Å². The summed E-state index contributed by atoms with van der Waals surface area (Å²) >= 11 is 0. The molecule has 0 spiro atoms. The topological polar surface area (TPSA) is 49.4 Å². The molecule has 4 heteroatoms. The third-order valence-corrected chi connectivity index (χ3v) is 5.36. The van der Waals surface area contributed by atoms with Crippen molar-refractivity contribution >= 4 is 11.8 Å². The Balaban J connectivity index is 1.71. The van der Waals surface area contributed by atoms with Crippen molar-refractivity contribution in [2.75, 3.05) is 7.05 Å². The molecule has 1 N–H and O–H groups in total. The van der Waals surface area contributed by atoms with Gasteiger partial charge in [-0.2, -0.15) is 0 Å². The zero-order valence-corrected chi connectivity index (χ0v) is 13.9. The number of fused-ring (bicyclic) bond motifs is 1. The van der Waals surface area contributed by atoms with E-state index in [-0.39, 0.29) is 17.9 Å². The quantitative estimate of drug-likeness (QED) is 0.929. The van der Waals surface area contributed by atoms with Crippen molar-refractivity contribution in [3.8, 4) is 0 Å². The van der Waals surface area contributed by atoms with Gasteiger partial charge in [0.15, 0.2) is 0 Å². The Bertz CT molecular complexity index is 578.